The van der Waals surface area contributed by atoms with Crippen molar-refractivity contribution in [2.45, 2.75) is 10.6 Å². The number of sulfonamides is 1. The molecule has 1 N–H and O–H groups in total. The van der Waals surface area contributed by atoms with Gasteiger partial charge >= 0.3 is 6.09 Å². The topological polar surface area (TPSA) is 152 Å². The minimum absolute atomic E-state index is 0.00722. The van der Waals surface area contributed by atoms with E-state index in [1.54, 1.807) is 24.3 Å². The average molecular weight is 515 g/mol. The highest BCUT2D eigenvalue weighted by molar-refractivity contribution is 7.89. The van der Waals surface area contributed by atoms with Gasteiger partial charge < -0.3 is 28.6 Å². The Bertz CT molecular complexity index is 1220. The molecule has 0 heterocycles. The zero-order valence-corrected chi connectivity index (χ0v) is 20.7. The third-order valence-corrected chi connectivity index (χ3v) is 7.08. The summed E-state index contributed by atoms with van der Waals surface area (Å²) >= 11 is -2.63. The zero-order chi connectivity index (χ0) is 25.6. The number of ether oxygens (including phenoxy) is 4. The molecule has 1 amide bonds. The second kappa shape index (κ2) is 11.2. The number of para-hydroxylation sites is 1. The number of nitrogens with zero attached hydrogens (tertiary/aromatic N) is 1. The molecular weight excluding hydrogens is 490 g/mol. The van der Waals surface area contributed by atoms with Crippen LogP contribution in [0.1, 0.15) is 16.7 Å². The molecule has 186 valence electrons. The number of rotatable bonds is 10. The van der Waals surface area contributed by atoms with Crippen LogP contribution < -0.4 is 9.47 Å². The third kappa shape index (κ3) is 5.43. The molecule has 2 rings (SSSR count). The van der Waals surface area contributed by atoms with Gasteiger partial charge in [0.1, 0.15) is 16.4 Å². The van der Waals surface area contributed by atoms with E-state index in [2.05, 4.69) is 0 Å². The molecule has 0 aliphatic carbocycles. The Labute approximate surface area is 199 Å². The van der Waals surface area contributed by atoms with Gasteiger partial charge in [0.15, 0.2) is 11.5 Å². The zero-order valence-electron chi connectivity index (χ0n) is 19.1. The summed E-state index contributed by atoms with van der Waals surface area (Å²) in [4.78, 5) is 10.8. The molecule has 11 nitrogen and oxygen atoms in total. The second-order valence-corrected chi connectivity index (χ2v) is 9.46. The molecule has 0 radical (unpaired) electrons. The summed E-state index contributed by atoms with van der Waals surface area (Å²) in [5, 5.41) is 9.17. The predicted molar refractivity (Wildman–Crippen MR) is 122 cm³/mol. The first-order chi connectivity index (χ1) is 16.0. The van der Waals surface area contributed by atoms with Crippen LogP contribution in [-0.4, -0.2) is 68.2 Å². The molecule has 0 bridgehead atoms. The maximum absolute atomic E-state index is 12.9. The molecule has 1 unspecified atom stereocenters. The fraction of sp³-hybridized carbons (Fsp3) is 0.286. The number of methoxy groups -OCH3 is 4. The molecule has 34 heavy (non-hydrogen) atoms. The molecule has 0 saturated carbocycles. The molecule has 0 aliphatic heterocycles. The highest BCUT2D eigenvalue weighted by Gasteiger charge is 2.31. The number of hydrogen-bond acceptors (Lipinski definition) is 9. The summed E-state index contributed by atoms with van der Waals surface area (Å²) in [7, 11) is 1.64. The fourth-order valence-corrected chi connectivity index (χ4v) is 4.83. The van der Waals surface area contributed by atoms with Crippen molar-refractivity contribution in [3.05, 3.63) is 53.1 Å². The maximum atomic E-state index is 12.9. The van der Waals surface area contributed by atoms with Crippen LogP contribution in [0.25, 0.3) is 11.5 Å². The van der Waals surface area contributed by atoms with Crippen LogP contribution in [0.2, 0.25) is 0 Å². The molecule has 2 aromatic carbocycles. The number of hydrogen-bond donors (Lipinski definition) is 1. The Morgan fingerprint density at radius 1 is 1.00 bits per heavy atom. The number of amides is 1. The highest BCUT2D eigenvalue weighted by Crippen LogP contribution is 2.38. The SMILES string of the molecule is COC(=C(OC)c1ccccc1OC)c1cc(OC)c(S(=O)(=O)N(C)C(=O)O)cc1CS(=O)[O-]. The Hall–Kier alpha value is -3.29. The van der Waals surface area contributed by atoms with E-state index in [1.165, 1.54) is 34.5 Å². The normalized spacial score (nSPS) is 12.9. The van der Waals surface area contributed by atoms with E-state index in [-0.39, 0.29) is 32.7 Å². The first-order valence-electron chi connectivity index (χ1n) is 9.48. The molecule has 0 spiro atoms. The van der Waals surface area contributed by atoms with Crippen LogP contribution in [0.4, 0.5) is 4.79 Å². The first-order valence-corrected chi connectivity index (χ1v) is 12.2. The van der Waals surface area contributed by atoms with Crippen molar-refractivity contribution in [2.75, 3.05) is 35.5 Å². The van der Waals surface area contributed by atoms with Crippen LogP contribution in [0.3, 0.4) is 0 Å². The van der Waals surface area contributed by atoms with E-state index >= 15 is 0 Å². The molecular formula is C21H24NO10S2-. The summed E-state index contributed by atoms with van der Waals surface area (Å²) < 4.78 is 70.8. The van der Waals surface area contributed by atoms with Crippen molar-refractivity contribution < 1.29 is 46.0 Å². The van der Waals surface area contributed by atoms with Crippen molar-refractivity contribution >= 4 is 38.7 Å². The number of benzene rings is 2. The average Bonchev–Trinajstić information content (AvgIpc) is 2.81. The summed E-state index contributed by atoms with van der Waals surface area (Å²) in [5.74, 6) is -0.140. The van der Waals surface area contributed by atoms with Crippen LogP contribution in [0.15, 0.2) is 41.3 Å². The monoisotopic (exact) mass is 514 g/mol. The van der Waals surface area contributed by atoms with Crippen molar-refractivity contribution in [1.29, 1.82) is 0 Å². The van der Waals surface area contributed by atoms with Crippen molar-refractivity contribution in [3.8, 4) is 11.5 Å². The number of carbonyl (C=O) groups is 1. The van der Waals surface area contributed by atoms with Gasteiger partial charge in [0.2, 0.25) is 0 Å². The molecule has 0 saturated heterocycles. The van der Waals surface area contributed by atoms with Crippen LogP contribution >= 0.6 is 0 Å². The van der Waals surface area contributed by atoms with Crippen LogP contribution in [0, 0.1) is 0 Å². The summed E-state index contributed by atoms with van der Waals surface area (Å²) in [5.41, 5.74) is 0.649. The van der Waals surface area contributed by atoms with Gasteiger partial charge in [-0.2, -0.15) is 0 Å². The summed E-state index contributed by atoms with van der Waals surface area (Å²) in [6, 6.07) is 9.14. The Kier molecular flexibility index (Phi) is 8.90. The van der Waals surface area contributed by atoms with Crippen LogP contribution in [0.5, 0.6) is 11.5 Å². The molecule has 0 fully saturated rings. The van der Waals surface area contributed by atoms with Gasteiger partial charge in [-0.3, -0.25) is 4.21 Å². The van der Waals surface area contributed by atoms with Gasteiger partial charge in [-0.1, -0.05) is 23.2 Å². The molecule has 2 aromatic rings. The lowest BCUT2D eigenvalue weighted by molar-refractivity contribution is 0.178. The smallest absolute Gasteiger partial charge is 0.421 e. The van der Waals surface area contributed by atoms with Crippen LogP contribution in [-0.2, 0) is 36.3 Å². The predicted octanol–water partition coefficient (Wildman–Crippen LogP) is 2.50. The quantitative estimate of drug-likeness (QED) is 0.284. The minimum atomic E-state index is -4.58. The largest absolute Gasteiger partial charge is 0.772 e. The lowest BCUT2D eigenvalue weighted by atomic mass is 10.0. The van der Waals surface area contributed by atoms with E-state index in [9.17, 15) is 22.0 Å². The Morgan fingerprint density at radius 2 is 1.56 bits per heavy atom. The molecule has 0 aromatic heterocycles. The summed E-state index contributed by atoms with van der Waals surface area (Å²) in [6.45, 7) is 0. The van der Waals surface area contributed by atoms with Gasteiger partial charge in [-0.25, -0.2) is 17.5 Å². The van der Waals surface area contributed by atoms with Crippen molar-refractivity contribution in [1.82, 2.24) is 4.31 Å². The lowest BCUT2D eigenvalue weighted by Crippen LogP contribution is -2.32. The van der Waals surface area contributed by atoms with Gasteiger partial charge in [0.05, 0.1) is 34.0 Å². The first kappa shape index (κ1) is 27.0. The van der Waals surface area contributed by atoms with Gasteiger partial charge in [0, 0.05) is 18.4 Å². The Morgan fingerprint density at radius 3 is 2.06 bits per heavy atom. The fourth-order valence-electron chi connectivity index (χ4n) is 3.15. The maximum Gasteiger partial charge on any atom is 0.421 e. The van der Waals surface area contributed by atoms with Crippen molar-refractivity contribution in [3.63, 3.8) is 0 Å². The van der Waals surface area contributed by atoms with Crippen molar-refractivity contribution in [2.24, 2.45) is 0 Å². The Balaban J connectivity index is 2.95. The van der Waals surface area contributed by atoms with Gasteiger partial charge in [0.25, 0.3) is 10.0 Å². The summed E-state index contributed by atoms with van der Waals surface area (Å²) in [6.07, 6.45) is -1.73. The minimum Gasteiger partial charge on any atom is -0.772 e. The van der Waals surface area contributed by atoms with E-state index < -0.39 is 37.8 Å². The second-order valence-electron chi connectivity index (χ2n) is 6.63. The third-order valence-electron chi connectivity index (χ3n) is 4.78. The molecule has 0 aliphatic rings. The molecule has 13 heteroatoms. The van der Waals surface area contributed by atoms with E-state index in [1.807, 2.05) is 0 Å². The number of carboxylic acid groups (broad SMARTS) is 1. The highest BCUT2D eigenvalue weighted by atomic mass is 32.2. The van der Waals surface area contributed by atoms with E-state index in [4.69, 9.17) is 24.1 Å². The molecule has 1 atom stereocenters. The van der Waals surface area contributed by atoms with E-state index in [0.29, 0.717) is 11.3 Å². The van der Waals surface area contributed by atoms with Gasteiger partial charge in [-0.05, 0) is 29.8 Å². The van der Waals surface area contributed by atoms with E-state index in [0.717, 1.165) is 13.1 Å². The standard InChI is InChI=1S/C21H25NO10S2/c1-22(21(23)24)34(27,28)18-10-13(12-33(25)26)15(11-17(18)30-3)20(32-5)19(31-4)14-8-6-7-9-16(14)29-2/h6-11H,12H2,1-5H3,(H,23,24)(H,25,26)/p-1. The van der Waals surface area contributed by atoms with Gasteiger partial charge in [-0.15, -0.1) is 0 Å². The lowest BCUT2D eigenvalue weighted by Gasteiger charge is -2.22.